The highest BCUT2D eigenvalue weighted by Crippen LogP contribution is 2.26. The number of para-hydroxylation sites is 2. The predicted octanol–water partition coefficient (Wildman–Crippen LogP) is 4.21. The Hall–Kier alpha value is -1.70. The molecule has 3 nitrogen and oxygen atoms in total. The molecule has 0 bridgehead atoms. The van der Waals surface area contributed by atoms with Crippen LogP contribution in [0.4, 0.5) is 0 Å². The second-order valence-electron chi connectivity index (χ2n) is 4.03. The Kier molecular flexibility index (Phi) is 3.09. The Bertz CT molecular complexity index is 663. The van der Waals surface area contributed by atoms with Gasteiger partial charge in [0, 0.05) is 10.8 Å². The van der Waals surface area contributed by atoms with Crippen molar-refractivity contribution in [2.45, 2.75) is 6.92 Å². The first-order valence-electron chi connectivity index (χ1n) is 6.03. The minimum absolute atomic E-state index is 0.691. The summed E-state index contributed by atoms with van der Waals surface area (Å²) >= 11 is 0. The number of rotatable bonds is 2. The van der Waals surface area contributed by atoms with Crippen molar-refractivity contribution in [3.05, 3.63) is 48.5 Å². The maximum Gasteiger partial charge on any atom is 0.170 e. The van der Waals surface area contributed by atoms with Crippen molar-refractivity contribution in [1.29, 1.82) is 0 Å². The fraction of sp³-hybridized carbons (Fsp3) is 0.143. The van der Waals surface area contributed by atoms with E-state index in [9.17, 15) is 0 Å². The highest BCUT2D eigenvalue weighted by molar-refractivity contribution is 7.36. The van der Waals surface area contributed by atoms with Crippen LogP contribution < -0.4 is 4.52 Å². The summed E-state index contributed by atoms with van der Waals surface area (Å²) in [4.78, 5) is 0. The number of aromatic nitrogens is 2. The van der Waals surface area contributed by atoms with Gasteiger partial charge in [-0.3, -0.25) is 0 Å². The lowest BCUT2D eigenvalue weighted by Crippen LogP contribution is -1.89. The third-order valence-electron chi connectivity index (χ3n) is 2.85. The largest absolute Gasteiger partial charge is 0.310 e. The average molecular weight is 258 g/mol. The number of aromatic amines is 2. The Morgan fingerprint density at radius 3 is 1.89 bits per heavy atom. The van der Waals surface area contributed by atoms with E-state index in [-0.39, 0.29) is 0 Å². The van der Waals surface area contributed by atoms with Crippen molar-refractivity contribution >= 4 is 29.9 Å². The molecule has 0 atom stereocenters. The van der Waals surface area contributed by atoms with Gasteiger partial charge >= 0.3 is 0 Å². The molecule has 0 fully saturated rings. The van der Waals surface area contributed by atoms with Gasteiger partial charge in [0.15, 0.2) is 8.08 Å². The summed E-state index contributed by atoms with van der Waals surface area (Å²) in [6.45, 7) is 2.70. The van der Waals surface area contributed by atoms with Crippen molar-refractivity contribution in [2.24, 2.45) is 0 Å². The van der Waals surface area contributed by atoms with E-state index in [0.717, 1.165) is 11.0 Å². The van der Waals surface area contributed by atoms with Crippen LogP contribution in [-0.2, 0) is 0 Å². The predicted molar refractivity (Wildman–Crippen MR) is 77.6 cm³/mol. The molecule has 0 spiro atoms. The van der Waals surface area contributed by atoms with Crippen LogP contribution in [0.5, 0.6) is 0 Å². The van der Waals surface area contributed by atoms with E-state index in [2.05, 4.69) is 45.9 Å². The smallest absolute Gasteiger partial charge is 0.170 e. The number of H-pyrrole nitrogens is 2. The Balaban J connectivity index is 2.48. The second kappa shape index (κ2) is 4.89. The Morgan fingerprint density at radius 1 is 0.889 bits per heavy atom. The van der Waals surface area contributed by atoms with E-state index in [1.54, 1.807) is 0 Å². The van der Waals surface area contributed by atoms with Crippen LogP contribution in [0.25, 0.3) is 21.8 Å². The first-order chi connectivity index (χ1) is 8.88. The van der Waals surface area contributed by atoms with Crippen LogP contribution in [0, 0.1) is 0 Å². The normalized spacial score (nSPS) is 10.9. The highest BCUT2D eigenvalue weighted by atomic mass is 31.1. The molecule has 0 saturated heterocycles. The molecular formula is C14H15N2OP. The lowest BCUT2D eigenvalue weighted by Gasteiger charge is -1.98. The number of fused-ring (bicyclic) bond motifs is 3. The van der Waals surface area contributed by atoms with E-state index in [1.165, 1.54) is 10.8 Å². The van der Waals surface area contributed by atoms with Crippen LogP contribution in [0.1, 0.15) is 6.92 Å². The molecule has 0 amide bonds. The van der Waals surface area contributed by atoms with Crippen LogP contribution in [0.3, 0.4) is 0 Å². The summed E-state index contributed by atoms with van der Waals surface area (Å²) in [5.41, 5.74) is 2.24. The third kappa shape index (κ3) is 2.03. The summed E-state index contributed by atoms with van der Waals surface area (Å²) in [6.07, 6.45) is 0. The molecule has 4 heteroatoms. The first-order valence-corrected chi connectivity index (χ1v) is 7.29. The molecule has 0 saturated carbocycles. The average Bonchev–Trinajstić information content (AvgIpc) is 2.55. The van der Waals surface area contributed by atoms with Crippen LogP contribution in [0.15, 0.2) is 48.5 Å². The molecule has 0 aliphatic heterocycles. The topological polar surface area (TPSA) is 40.8 Å². The van der Waals surface area contributed by atoms with Gasteiger partial charge in [-0.25, -0.2) is 0 Å². The molecular weight excluding hydrogens is 243 g/mol. The van der Waals surface area contributed by atoms with Crippen LogP contribution in [-0.4, -0.2) is 16.1 Å². The summed E-state index contributed by atoms with van der Waals surface area (Å²) < 4.78 is 12.6. The molecule has 2 aromatic carbocycles. The van der Waals surface area contributed by atoms with Crippen molar-refractivity contribution in [3.63, 3.8) is 0 Å². The zero-order chi connectivity index (χ0) is 12.4. The monoisotopic (exact) mass is 258 g/mol. The van der Waals surface area contributed by atoms with Gasteiger partial charge in [0.2, 0.25) is 0 Å². The lowest BCUT2D eigenvalue weighted by molar-refractivity contribution is 0.453. The fourth-order valence-corrected chi connectivity index (χ4v) is 3.34. The van der Waals surface area contributed by atoms with Gasteiger partial charge in [-0.15, -0.1) is 0 Å². The van der Waals surface area contributed by atoms with Gasteiger partial charge in [0.1, 0.15) is 0 Å². The summed E-state index contributed by atoms with van der Waals surface area (Å²) in [5, 5.41) is 2.43. The molecule has 0 radical (unpaired) electrons. The minimum atomic E-state index is -0.872. The molecule has 2 N–H and O–H groups in total. The van der Waals surface area contributed by atoms with Gasteiger partial charge in [-0.2, -0.15) is 0 Å². The second-order valence-corrected chi connectivity index (χ2v) is 5.32. The molecule has 3 rings (SSSR count). The van der Waals surface area contributed by atoms with Crippen molar-refractivity contribution in [1.82, 2.24) is 9.49 Å². The number of nitrogens with one attached hydrogen (secondary N) is 2. The molecule has 1 aromatic heterocycles. The van der Waals surface area contributed by atoms with Crippen molar-refractivity contribution < 1.29 is 4.52 Å². The van der Waals surface area contributed by atoms with E-state index in [1.807, 2.05) is 19.1 Å². The van der Waals surface area contributed by atoms with E-state index in [4.69, 9.17) is 4.52 Å². The van der Waals surface area contributed by atoms with Gasteiger partial charge in [-0.1, -0.05) is 36.4 Å². The SMILES string of the molecule is CCOp1[nH]c2ccccc2c2ccccc2[nH]1. The zero-order valence-corrected chi connectivity index (χ0v) is 11.1. The summed E-state index contributed by atoms with van der Waals surface area (Å²) in [5.74, 6) is 0. The first kappa shape index (κ1) is 11.4. The lowest BCUT2D eigenvalue weighted by atomic mass is 10.1. The quantitative estimate of drug-likeness (QED) is 0.710. The summed E-state index contributed by atoms with van der Waals surface area (Å²) in [6, 6.07) is 16.7. The molecule has 0 unspecified atom stereocenters. The fourth-order valence-electron chi connectivity index (χ4n) is 2.07. The highest BCUT2D eigenvalue weighted by Gasteiger charge is 2.00. The van der Waals surface area contributed by atoms with Gasteiger partial charge in [0.05, 0.1) is 17.6 Å². The molecule has 3 aromatic rings. The third-order valence-corrected chi connectivity index (χ3v) is 4.25. The van der Waals surface area contributed by atoms with Crippen molar-refractivity contribution in [3.8, 4) is 0 Å². The standard InChI is InChI=1S/C14H15N2OP/c1-2-17-18-15-13-9-5-3-7-11(13)12-8-4-6-10-14(12)16-18/h3-10,15-16H,2H2,1H3. The molecule has 0 aliphatic carbocycles. The molecule has 0 aliphatic rings. The summed E-state index contributed by atoms with van der Waals surface area (Å²) in [7, 11) is -0.872. The van der Waals surface area contributed by atoms with E-state index in [0.29, 0.717) is 6.61 Å². The maximum absolute atomic E-state index is 5.72. The molecule has 92 valence electrons. The zero-order valence-electron chi connectivity index (χ0n) is 10.2. The number of hydrogen-bond donors (Lipinski definition) is 2. The minimum Gasteiger partial charge on any atom is -0.310 e. The molecule has 18 heavy (non-hydrogen) atoms. The Labute approximate surface area is 106 Å². The Morgan fingerprint density at radius 2 is 1.39 bits per heavy atom. The van der Waals surface area contributed by atoms with E-state index < -0.39 is 8.08 Å². The molecule has 1 heterocycles. The number of benzene rings is 2. The van der Waals surface area contributed by atoms with Crippen LogP contribution in [0.2, 0.25) is 0 Å². The number of hydrogen-bond acceptors (Lipinski definition) is 1. The van der Waals surface area contributed by atoms with Crippen molar-refractivity contribution in [2.75, 3.05) is 6.61 Å². The van der Waals surface area contributed by atoms with Gasteiger partial charge in [-0.05, 0) is 19.1 Å². The van der Waals surface area contributed by atoms with Gasteiger partial charge in [0.25, 0.3) is 0 Å². The maximum atomic E-state index is 5.72. The van der Waals surface area contributed by atoms with Crippen LogP contribution >= 0.6 is 8.08 Å². The van der Waals surface area contributed by atoms with E-state index >= 15 is 0 Å². The van der Waals surface area contributed by atoms with Gasteiger partial charge < -0.3 is 14.0 Å².